The molecule has 1 amide bonds. The summed E-state index contributed by atoms with van der Waals surface area (Å²) in [6.07, 6.45) is 1.72. The van der Waals surface area contributed by atoms with E-state index in [9.17, 15) is 14.7 Å². The van der Waals surface area contributed by atoms with E-state index in [2.05, 4.69) is 4.74 Å². The summed E-state index contributed by atoms with van der Waals surface area (Å²) in [6.45, 7) is 4.63. The average Bonchev–Trinajstić information content (AvgIpc) is 2.29. The van der Waals surface area contributed by atoms with E-state index in [1.165, 1.54) is 4.90 Å². The van der Waals surface area contributed by atoms with E-state index in [1.54, 1.807) is 6.92 Å². The fourth-order valence-electron chi connectivity index (χ4n) is 1.80. The number of aliphatic hydroxyl groups is 1. The molecule has 0 saturated carbocycles. The minimum absolute atomic E-state index is 0.206. The molecule has 92 valence electrons. The molecule has 1 aliphatic heterocycles. The first-order chi connectivity index (χ1) is 7.52. The molecule has 0 spiro atoms. The van der Waals surface area contributed by atoms with E-state index in [1.807, 2.05) is 6.92 Å². The number of carbonyl (C=O) groups is 2. The largest absolute Gasteiger partial charge is 0.459 e. The fourth-order valence-corrected chi connectivity index (χ4v) is 1.80. The van der Waals surface area contributed by atoms with Crippen LogP contribution in [0.4, 0.5) is 0 Å². The fraction of sp³-hybridized carbons (Fsp3) is 0.818. The van der Waals surface area contributed by atoms with E-state index >= 15 is 0 Å². The van der Waals surface area contributed by atoms with Gasteiger partial charge in [0.2, 0.25) is 0 Å². The molecule has 5 heteroatoms. The molecule has 0 radical (unpaired) electrons. The Bertz CT molecular complexity index is 269. The lowest BCUT2D eigenvalue weighted by molar-refractivity contribution is -0.161. The second kappa shape index (κ2) is 5.30. The van der Waals surface area contributed by atoms with Crippen LogP contribution in [0.5, 0.6) is 0 Å². The zero-order valence-electron chi connectivity index (χ0n) is 9.86. The maximum absolute atomic E-state index is 11.6. The Hall–Kier alpha value is -1.10. The number of hydrogen-bond acceptors (Lipinski definition) is 4. The van der Waals surface area contributed by atoms with Crippen LogP contribution in [0.25, 0.3) is 0 Å². The highest BCUT2D eigenvalue weighted by molar-refractivity contribution is 6.32. The van der Waals surface area contributed by atoms with E-state index in [0.29, 0.717) is 32.4 Å². The Morgan fingerprint density at radius 1 is 1.31 bits per heavy atom. The lowest BCUT2D eigenvalue weighted by atomic mass is 9.89. The number of ether oxygens (including phenoxy) is 1. The third-order valence-corrected chi connectivity index (χ3v) is 3.09. The predicted octanol–water partition coefficient (Wildman–Crippen LogP) is 0.313. The number of carbonyl (C=O) groups excluding carboxylic acids is 2. The molecule has 1 N–H and O–H groups in total. The van der Waals surface area contributed by atoms with E-state index < -0.39 is 17.5 Å². The van der Waals surface area contributed by atoms with Gasteiger partial charge < -0.3 is 14.7 Å². The molecule has 0 aliphatic carbocycles. The molecule has 0 unspecified atom stereocenters. The Morgan fingerprint density at radius 2 is 1.88 bits per heavy atom. The summed E-state index contributed by atoms with van der Waals surface area (Å²) >= 11 is 0. The standard InChI is InChI=1S/C11H19NO4/c1-3-11(15)5-7-12(8-6-11)9(13)10(14)16-4-2/h15H,3-8H2,1-2H3. The van der Waals surface area contributed by atoms with Gasteiger partial charge in [0.05, 0.1) is 12.2 Å². The quantitative estimate of drug-likeness (QED) is 0.547. The summed E-state index contributed by atoms with van der Waals surface area (Å²) < 4.78 is 4.64. The molecule has 0 aromatic heterocycles. The summed E-state index contributed by atoms with van der Waals surface area (Å²) in [6, 6.07) is 0. The minimum atomic E-state index is -0.801. The van der Waals surface area contributed by atoms with Gasteiger partial charge in [0.1, 0.15) is 0 Å². The number of amides is 1. The number of nitrogens with zero attached hydrogens (tertiary/aromatic N) is 1. The van der Waals surface area contributed by atoms with E-state index in [0.717, 1.165) is 0 Å². The van der Waals surface area contributed by atoms with Gasteiger partial charge in [-0.2, -0.15) is 0 Å². The molecule has 0 aromatic rings. The van der Waals surface area contributed by atoms with Crippen LogP contribution in [0, 0.1) is 0 Å². The lowest BCUT2D eigenvalue weighted by Crippen LogP contribution is -2.48. The van der Waals surface area contributed by atoms with Crippen molar-refractivity contribution in [3.8, 4) is 0 Å². The van der Waals surface area contributed by atoms with Gasteiger partial charge in [-0.25, -0.2) is 4.79 Å². The van der Waals surface area contributed by atoms with Crippen molar-refractivity contribution in [2.45, 2.75) is 38.7 Å². The van der Waals surface area contributed by atoms with Crippen LogP contribution in [0.15, 0.2) is 0 Å². The highest BCUT2D eigenvalue weighted by Gasteiger charge is 2.34. The van der Waals surface area contributed by atoms with Crippen LogP contribution in [-0.2, 0) is 14.3 Å². The first kappa shape index (κ1) is 13.0. The molecule has 1 heterocycles. The first-order valence-electron chi connectivity index (χ1n) is 5.71. The molecular formula is C11H19NO4. The van der Waals surface area contributed by atoms with Gasteiger partial charge in [0, 0.05) is 13.1 Å². The Balaban J connectivity index is 2.47. The van der Waals surface area contributed by atoms with Crippen molar-refractivity contribution in [1.82, 2.24) is 4.90 Å². The molecule has 1 rings (SSSR count). The Morgan fingerprint density at radius 3 is 2.31 bits per heavy atom. The number of rotatable bonds is 2. The number of likely N-dealkylation sites (tertiary alicyclic amines) is 1. The van der Waals surface area contributed by atoms with Gasteiger partial charge in [0.25, 0.3) is 0 Å². The van der Waals surface area contributed by atoms with E-state index in [4.69, 9.17) is 0 Å². The summed E-state index contributed by atoms with van der Waals surface area (Å²) in [7, 11) is 0. The maximum Gasteiger partial charge on any atom is 0.397 e. The maximum atomic E-state index is 11.6. The normalized spacial score (nSPS) is 19.3. The van der Waals surface area contributed by atoms with Crippen LogP contribution in [-0.4, -0.2) is 47.2 Å². The van der Waals surface area contributed by atoms with Crippen molar-refractivity contribution in [1.29, 1.82) is 0 Å². The van der Waals surface area contributed by atoms with Gasteiger partial charge >= 0.3 is 11.9 Å². The van der Waals surface area contributed by atoms with Crippen molar-refractivity contribution in [3.05, 3.63) is 0 Å². The summed E-state index contributed by atoms with van der Waals surface area (Å²) in [4.78, 5) is 24.2. The Labute approximate surface area is 95.4 Å². The van der Waals surface area contributed by atoms with E-state index in [-0.39, 0.29) is 6.61 Å². The number of esters is 1. The van der Waals surface area contributed by atoms with Gasteiger partial charge in [-0.1, -0.05) is 6.92 Å². The van der Waals surface area contributed by atoms with Crippen LogP contribution in [0.3, 0.4) is 0 Å². The minimum Gasteiger partial charge on any atom is -0.459 e. The highest BCUT2D eigenvalue weighted by atomic mass is 16.5. The third-order valence-electron chi connectivity index (χ3n) is 3.09. The van der Waals surface area contributed by atoms with Gasteiger partial charge in [-0.3, -0.25) is 4.79 Å². The summed E-state index contributed by atoms with van der Waals surface area (Å²) in [5.74, 6) is -1.40. The summed E-state index contributed by atoms with van der Waals surface area (Å²) in [5, 5.41) is 9.97. The van der Waals surface area contributed by atoms with Gasteiger partial charge in [0.15, 0.2) is 0 Å². The molecule has 0 bridgehead atoms. The van der Waals surface area contributed by atoms with Gasteiger partial charge in [-0.05, 0) is 26.2 Å². The highest BCUT2D eigenvalue weighted by Crippen LogP contribution is 2.25. The monoisotopic (exact) mass is 229 g/mol. The zero-order chi connectivity index (χ0) is 12.2. The number of piperidine rings is 1. The van der Waals surface area contributed by atoms with Crippen molar-refractivity contribution in [3.63, 3.8) is 0 Å². The van der Waals surface area contributed by atoms with Crippen molar-refractivity contribution < 1.29 is 19.4 Å². The van der Waals surface area contributed by atoms with Crippen molar-refractivity contribution in [2.24, 2.45) is 0 Å². The average molecular weight is 229 g/mol. The molecule has 16 heavy (non-hydrogen) atoms. The first-order valence-corrected chi connectivity index (χ1v) is 5.71. The molecule has 0 aromatic carbocycles. The third kappa shape index (κ3) is 2.95. The van der Waals surface area contributed by atoms with Crippen molar-refractivity contribution >= 4 is 11.9 Å². The lowest BCUT2D eigenvalue weighted by Gasteiger charge is -2.37. The van der Waals surface area contributed by atoms with Crippen molar-refractivity contribution in [2.75, 3.05) is 19.7 Å². The number of hydrogen-bond donors (Lipinski definition) is 1. The van der Waals surface area contributed by atoms with Crippen LogP contribution in [0.1, 0.15) is 33.1 Å². The summed E-state index contributed by atoms with van der Waals surface area (Å²) in [5.41, 5.74) is -0.675. The molecule has 5 nitrogen and oxygen atoms in total. The smallest absolute Gasteiger partial charge is 0.397 e. The molecule has 1 saturated heterocycles. The van der Waals surface area contributed by atoms with Crippen LogP contribution < -0.4 is 0 Å². The van der Waals surface area contributed by atoms with Gasteiger partial charge in [-0.15, -0.1) is 0 Å². The van der Waals surface area contributed by atoms with Crippen LogP contribution in [0.2, 0.25) is 0 Å². The molecule has 0 atom stereocenters. The predicted molar refractivity (Wildman–Crippen MR) is 57.7 cm³/mol. The second-order valence-electron chi connectivity index (χ2n) is 4.09. The second-order valence-corrected chi connectivity index (χ2v) is 4.09. The molecule has 1 fully saturated rings. The van der Waals surface area contributed by atoms with Crippen LogP contribution >= 0.6 is 0 Å². The Kier molecular flexibility index (Phi) is 4.29. The SMILES string of the molecule is CCOC(=O)C(=O)N1CCC(O)(CC)CC1. The molecular weight excluding hydrogens is 210 g/mol. The molecule has 1 aliphatic rings. The zero-order valence-corrected chi connectivity index (χ0v) is 9.86. The topological polar surface area (TPSA) is 66.8 Å².